The molecule has 2 heterocycles. The number of benzene rings is 1. The lowest BCUT2D eigenvalue weighted by molar-refractivity contribution is -0.149. The smallest absolute Gasteiger partial charge is 0.343 e. The molecule has 0 spiro atoms. The highest BCUT2D eigenvalue weighted by Crippen LogP contribution is 2.28. The van der Waals surface area contributed by atoms with Crippen molar-refractivity contribution in [1.82, 2.24) is 14.7 Å². The van der Waals surface area contributed by atoms with Gasteiger partial charge in [-0.15, -0.1) is 0 Å². The standard InChI is InChI=1S/C18H20FN3O3/c1-2-15-14(10-20-22(15)11-13-6-4-3-5-7-13)16(23)21-9-8-18(19,12-21)17(24)25/h3-7,10H,2,8-9,11-12H2,1H3,(H,24,25). The van der Waals surface area contributed by atoms with Crippen LogP contribution in [0.15, 0.2) is 36.5 Å². The molecule has 0 saturated carbocycles. The maximum atomic E-state index is 14.2. The van der Waals surface area contributed by atoms with E-state index in [0.29, 0.717) is 18.5 Å². The third kappa shape index (κ3) is 3.26. The molecule has 132 valence electrons. The van der Waals surface area contributed by atoms with Gasteiger partial charge in [0.2, 0.25) is 5.67 Å². The number of rotatable bonds is 5. The van der Waals surface area contributed by atoms with Gasteiger partial charge in [-0.2, -0.15) is 5.10 Å². The largest absolute Gasteiger partial charge is 0.479 e. The van der Waals surface area contributed by atoms with E-state index in [1.807, 2.05) is 37.3 Å². The van der Waals surface area contributed by atoms with Gasteiger partial charge in [0.1, 0.15) is 0 Å². The Labute approximate surface area is 144 Å². The van der Waals surface area contributed by atoms with Crippen molar-refractivity contribution in [2.24, 2.45) is 0 Å². The van der Waals surface area contributed by atoms with Crippen molar-refractivity contribution in [2.75, 3.05) is 13.1 Å². The maximum absolute atomic E-state index is 14.2. The number of halogens is 1. The van der Waals surface area contributed by atoms with E-state index in [2.05, 4.69) is 5.10 Å². The number of amides is 1. The number of carboxylic acid groups (broad SMARTS) is 1. The van der Waals surface area contributed by atoms with Crippen LogP contribution in [0.2, 0.25) is 0 Å². The zero-order chi connectivity index (χ0) is 18.0. The van der Waals surface area contributed by atoms with Crippen molar-refractivity contribution < 1.29 is 19.1 Å². The van der Waals surface area contributed by atoms with Gasteiger partial charge in [0.25, 0.3) is 5.91 Å². The zero-order valence-corrected chi connectivity index (χ0v) is 14.0. The van der Waals surface area contributed by atoms with Crippen molar-refractivity contribution in [3.05, 3.63) is 53.3 Å². The van der Waals surface area contributed by atoms with Gasteiger partial charge < -0.3 is 10.0 Å². The molecule has 1 N–H and O–H groups in total. The molecule has 3 rings (SSSR count). The average molecular weight is 345 g/mol. The lowest BCUT2D eigenvalue weighted by Crippen LogP contribution is -2.39. The summed E-state index contributed by atoms with van der Waals surface area (Å²) in [4.78, 5) is 25.0. The molecule has 1 atom stereocenters. The molecule has 1 aromatic heterocycles. The molecule has 1 amide bonds. The van der Waals surface area contributed by atoms with Gasteiger partial charge >= 0.3 is 5.97 Å². The van der Waals surface area contributed by atoms with Gasteiger partial charge in [0.15, 0.2) is 0 Å². The van der Waals surface area contributed by atoms with Crippen molar-refractivity contribution >= 4 is 11.9 Å². The van der Waals surface area contributed by atoms with E-state index in [-0.39, 0.29) is 18.9 Å². The third-order valence-corrected chi connectivity index (χ3v) is 4.58. The van der Waals surface area contributed by atoms with Crippen LogP contribution in [0.5, 0.6) is 0 Å². The third-order valence-electron chi connectivity index (χ3n) is 4.58. The SMILES string of the molecule is CCc1c(C(=O)N2CCC(F)(C(=O)O)C2)cnn1Cc1ccccc1. The molecular formula is C18H20FN3O3. The molecule has 1 fully saturated rings. The fourth-order valence-corrected chi connectivity index (χ4v) is 3.15. The van der Waals surface area contributed by atoms with Gasteiger partial charge in [-0.3, -0.25) is 9.48 Å². The quantitative estimate of drug-likeness (QED) is 0.901. The number of hydrogen-bond donors (Lipinski definition) is 1. The normalized spacial score (nSPS) is 20.0. The number of aromatic nitrogens is 2. The Kier molecular flexibility index (Phi) is 4.57. The molecule has 0 aliphatic carbocycles. The molecule has 6 nitrogen and oxygen atoms in total. The van der Waals surface area contributed by atoms with Gasteiger partial charge in [-0.25, -0.2) is 9.18 Å². The monoisotopic (exact) mass is 345 g/mol. The Hall–Kier alpha value is -2.70. The van der Waals surface area contributed by atoms with Crippen LogP contribution < -0.4 is 0 Å². The first kappa shape index (κ1) is 17.1. The second-order valence-corrected chi connectivity index (χ2v) is 6.25. The van der Waals surface area contributed by atoms with E-state index in [9.17, 15) is 14.0 Å². The Morgan fingerprint density at radius 3 is 2.64 bits per heavy atom. The Morgan fingerprint density at radius 2 is 2.04 bits per heavy atom. The minimum atomic E-state index is -2.36. The fourth-order valence-electron chi connectivity index (χ4n) is 3.15. The summed E-state index contributed by atoms with van der Waals surface area (Å²) in [6.45, 7) is 2.14. The van der Waals surface area contributed by atoms with Crippen molar-refractivity contribution in [3.8, 4) is 0 Å². The Morgan fingerprint density at radius 1 is 1.32 bits per heavy atom. The molecule has 0 radical (unpaired) electrons. The molecule has 1 saturated heterocycles. The van der Waals surface area contributed by atoms with Gasteiger partial charge in [-0.05, 0) is 12.0 Å². The minimum absolute atomic E-state index is 0.0919. The highest BCUT2D eigenvalue weighted by atomic mass is 19.1. The number of carbonyl (C=O) groups excluding carboxylic acids is 1. The fraction of sp³-hybridized carbons (Fsp3) is 0.389. The van der Waals surface area contributed by atoms with Crippen molar-refractivity contribution in [3.63, 3.8) is 0 Å². The molecule has 0 bridgehead atoms. The topological polar surface area (TPSA) is 75.4 Å². The van der Waals surface area contributed by atoms with Crippen LogP contribution in [0, 0.1) is 0 Å². The van der Waals surface area contributed by atoms with Crippen LogP contribution in [-0.2, 0) is 17.8 Å². The molecule has 1 unspecified atom stereocenters. The summed E-state index contributed by atoms with van der Waals surface area (Å²) in [5.41, 5.74) is -0.120. The predicted molar refractivity (Wildman–Crippen MR) is 89.1 cm³/mol. The minimum Gasteiger partial charge on any atom is -0.479 e. The molecule has 1 aromatic carbocycles. The summed E-state index contributed by atoms with van der Waals surface area (Å²) in [6, 6.07) is 9.77. The van der Waals surface area contributed by atoms with Crippen molar-refractivity contribution in [1.29, 1.82) is 0 Å². The summed E-state index contributed by atoms with van der Waals surface area (Å²) in [5.74, 6) is -1.88. The lowest BCUT2D eigenvalue weighted by atomic mass is 10.1. The number of carboxylic acids is 1. The van der Waals surface area contributed by atoms with Crippen LogP contribution >= 0.6 is 0 Å². The van der Waals surface area contributed by atoms with Gasteiger partial charge in [0.05, 0.1) is 30.5 Å². The number of likely N-dealkylation sites (tertiary alicyclic amines) is 1. The summed E-state index contributed by atoms with van der Waals surface area (Å²) >= 11 is 0. The lowest BCUT2D eigenvalue weighted by Gasteiger charge is -2.18. The van der Waals surface area contributed by atoms with Gasteiger partial charge in [-0.1, -0.05) is 37.3 Å². The molecular weight excluding hydrogens is 325 g/mol. The number of hydrogen-bond acceptors (Lipinski definition) is 3. The van der Waals surface area contributed by atoms with E-state index >= 15 is 0 Å². The van der Waals surface area contributed by atoms with E-state index in [1.165, 1.54) is 11.1 Å². The van der Waals surface area contributed by atoms with E-state index < -0.39 is 18.2 Å². The van der Waals surface area contributed by atoms with Crippen LogP contribution in [0.4, 0.5) is 4.39 Å². The molecule has 1 aliphatic heterocycles. The van der Waals surface area contributed by atoms with E-state index in [1.54, 1.807) is 4.68 Å². The van der Waals surface area contributed by atoms with Gasteiger partial charge in [0, 0.05) is 13.0 Å². The second kappa shape index (κ2) is 6.66. The molecule has 1 aliphatic rings. The number of nitrogens with zero attached hydrogens (tertiary/aromatic N) is 3. The summed E-state index contributed by atoms with van der Waals surface area (Å²) in [7, 11) is 0. The molecule has 25 heavy (non-hydrogen) atoms. The molecule has 2 aromatic rings. The van der Waals surface area contributed by atoms with Crippen LogP contribution in [0.3, 0.4) is 0 Å². The number of carbonyl (C=O) groups is 2. The van der Waals surface area contributed by atoms with E-state index in [4.69, 9.17) is 5.11 Å². The predicted octanol–water partition coefficient (Wildman–Crippen LogP) is 2.13. The maximum Gasteiger partial charge on any atom is 0.343 e. The van der Waals surface area contributed by atoms with Crippen LogP contribution in [0.25, 0.3) is 0 Å². The Balaban J connectivity index is 1.81. The average Bonchev–Trinajstić information content (AvgIpc) is 3.20. The zero-order valence-electron chi connectivity index (χ0n) is 14.0. The van der Waals surface area contributed by atoms with E-state index in [0.717, 1.165) is 11.3 Å². The first-order valence-electron chi connectivity index (χ1n) is 8.25. The highest BCUT2D eigenvalue weighted by molar-refractivity contribution is 5.96. The first-order valence-corrected chi connectivity index (χ1v) is 8.25. The van der Waals surface area contributed by atoms with Crippen LogP contribution in [0.1, 0.15) is 35.0 Å². The summed E-state index contributed by atoms with van der Waals surface area (Å²) in [5, 5.41) is 13.3. The molecule has 7 heteroatoms. The number of alkyl halides is 1. The summed E-state index contributed by atoms with van der Waals surface area (Å²) in [6.07, 6.45) is 1.90. The second-order valence-electron chi connectivity index (χ2n) is 6.25. The number of aliphatic carboxylic acids is 1. The summed E-state index contributed by atoms with van der Waals surface area (Å²) < 4.78 is 16.0. The van der Waals surface area contributed by atoms with Crippen LogP contribution in [-0.4, -0.2) is 50.4 Å². The first-order chi connectivity index (χ1) is 11.9. The Bertz CT molecular complexity index is 790. The highest BCUT2D eigenvalue weighted by Gasteiger charge is 2.47. The van der Waals surface area contributed by atoms with Crippen molar-refractivity contribution in [2.45, 2.75) is 32.0 Å².